The van der Waals surface area contributed by atoms with E-state index in [4.69, 9.17) is 16.3 Å². The summed E-state index contributed by atoms with van der Waals surface area (Å²) >= 11 is 6.11. The van der Waals surface area contributed by atoms with Gasteiger partial charge >= 0.3 is 12.6 Å². The molecule has 10 nitrogen and oxygen atoms in total. The second-order valence-corrected chi connectivity index (χ2v) is 9.02. The molecule has 1 aromatic carbocycles. The van der Waals surface area contributed by atoms with E-state index in [-0.39, 0.29) is 40.0 Å². The molecule has 0 saturated carbocycles. The number of carbonyl (C=O) groups is 2. The molecule has 0 radical (unpaired) electrons. The molecule has 3 heterocycles. The van der Waals surface area contributed by atoms with Crippen molar-refractivity contribution in [2.45, 2.75) is 39.5 Å². The summed E-state index contributed by atoms with van der Waals surface area (Å²) in [6.07, 6.45) is 4.21. The summed E-state index contributed by atoms with van der Waals surface area (Å²) in [4.78, 5) is 29.6. The Balaban J connectivity index is 1.74. The van der Waals surface area contributed by atoms with Gasteiger partial charge in [-0.2, -0.15) is 19.0 Å². The fourth-order valence-corrected chi connectivity index (χ4v) is 3.53. The highest BCUT2D eigenvalue weighted by Gasteiger charge is 2.23. The van der Waals surface area contributed by atoms with Crippen LogP contribution in [0.25, 0.3) is 16.9 Å². The summed E-state index contributed by atoms with van der Waals surface area (Å²) in [7, 11) is 0. The van der Waals surface area contributed by atoms with Crippen LogP contribution in [0, 0.1) is 0 Å². The van der Waals surface area contributed by atoms with Crippen molar-refractivity contribution in [2.75, 3.05) is 5.32 Å². The number of amides is 1. The summed E-state index contributed by atoms with van der Waals surface area (Å²) < 4.78 is 38.7. The molecule has 0 aliphatic rings. The van der Waals surface area contributed by atoms with Gasteiger partial charge in [-0.25, -0.2) is 9.50 Å². The Morgan fingerprint density at radius 2 is 2.00 bits per heavy atom. The number of anilines is 1. The predicted molar refractivity (Wildman–Crippen MR) is 126 cm³/mol. The molecule has 1 amide bonds. The number of aromatic nitrogens is 5. The summed E-state index contributed by atoms with van der Waals surface area (Å²) in [5, 5.41) is 11.4. The second-order valence-electron chi connectivity index (χ2n) is 8.59. The van der Waals surface area contributed by atoms with Crippen LogP contribution in [0.5, 0.6) is 5.75 Å². The molecule has 188 valence electrons. The lowest BCUT2D eigenvalue weighted by Crippen LogP contribution is -2.26. The van der Waals surface area contributed by atoms with E-state index >= 15 is 0 Å². The largest absolute Gasteiger partial charge is 0.459 e. The van der Waals surface area contributed by atoms with Crippen LogP contribution in [0.2, 0.25) is 5.02 Å². The maximum absolute atomic E-state index is 13.1. The lowest BCUT2D eigenvalue weighted by Gasteiger charge is -2.19. The molecule has 13 heteroatoms. The molecule has 0 aliphatic heterocycles. The molecule has 4 rings (SSSR count). The van der Waals surface area contributed by atoms with Gasteiger partial charge in [-0.05, 0) is 51.1 Å². The Morgan fingerprint density at radius 3 is 2.72 bits per heavy atom. The van der Waals surface area contributed by atoms with Gasteiger partial charge in [-0.15, -0.1) is 0 Å². The van der Waals surface area contributed by atoms with E-state index < -0.39 is 24.1 Å². The third-order valence-electron chi connectivity index (χ3n) is 4.64. The molecular weight excluding hydrogens is 498 g/mol. The molecule has 36 heavy (non-hydrogen) atoms. The van der Waals surface area contributed by atoms with Gasteiger partial charge in [-0.1, -0.05) is 11.6 Å². The average Bonchev–Trinajstić information content (AvgIpc) is 3.37. The van der Waals surface area contributed by atoms with Gasteiger partial charge in [0.25, 0.3) is 5.91 Å². The standard InChI is InChI=1S/C23H21ClF2N6O4/c1-23(2,3)36-19(33)12-31-11-15(29-21(34)16-10-27-18-5-4-8-28-32(16)18)20(30-31)14-9-13(24)6-7-17(14)35-22(25)26/h4-11,22H,12H2,1-3H3,(H,29,34). The molecule has 4 aromatic rings. The minimum atomic E-state index is -3.11. The summed E-state index contributed by atoms with van der Waals surface area (Å²) in [6.45, 7) is 1.73. The maximum atomic E-state index is 13.1. The number of nitrogens with one attached hydrogen (secondary N) is 1. The highest BCUT2D eigenvalue weighted by Crippen LogP contribution is 2.37. The molecule has 0 bridgehead atoms. The SMILES string of the molecule is CC(C)(C)OC(=O)Cn1cc(NC(=O)c2cnc3cccnn23)c(-c2cc(Cl)ccc2OC(F)F)n1. The van der Waals surface area contributed by atoms with E-state index in [2.05, 4.69) is 25.2 Å². The first-order chi connectivity index (χ1) is 17.0. The van der Waals surface area contributed by atoms with E-state index in [9.17, 15) is 18.4 Å². The predicted octanol–water partition coefficient (Wildman–Crippen LogP) is 4.44. The number of imidazole rings is 1. The van der Waals surface area contributed by atoms with E-state index in [1.165, 1.54) is 46.0 Å². The number of esters is 1. The van der Waals surface area contributed by atoms with Gasteiger partial charge in [0.1, 0.15) is 23.6 Å². The fraction of sp³-hybridized carbons (Fsp3) is 0.261. The Hall–Kier alpha value is -4.06. The van der Waals surface area contributed by atoms with Crippen LogP contribution >= 0.6 is 11.6 Å². The molecule has 0 spiro atoms. The molecule has 0 fully saturated rings. The van der Waals surface area contributed by atoms with Crippen molar-refractivity contribution in [2.24, 2.45) is 0 Å². The number of hydrogen-bond acceptors (Lipinski definition) is 7. The monoisotopic (exact) mass is 518 g/mol. The van der Waals surface area contributed by atoms with Gasteiger partial charge in [0.2, 0.25) is 0 Å². The normalized spacial score (nSPS) is 11.6. The third-order valence-corrected chi connectivity index (χ3v) is 4.88. The van der Waals surface area contributed by atoms with E-state index in [0.717, 1.165) is 0 Å². The van der Waals surface area contributed by atoms with Gasteiger partial charge in [0.05, 0.1) is 11.9 Å². The lowest BCUT2D eigenvalue weighted by molar-refractivity contribution is -0.155. The quantitative estimate of drug-likeness (QED) is 0.360. The smallest absolute Gasteiger partial charge is 0.387 e. The summed E-state index contributed by atoms with van der Waals surface area (Å²) in [6, 6.07) is 7.35. The van der Waals surface area contributed by atoms with E-state index in [0.29, 0.717) is 5.65 Å². The Labute approximate surface area is 208 Å². The number of nitrogens with zero attached hydrogens (tertiary/aromatic N) is 5. The van der Waals surface area contributed by atoms with Gasteiger partial charge in [0.15, 0.2) is 11.3 Å². The van der Waals surface area contributed by atoms with Crippen LogP contribution in [-0.2, 0) is 16.1 Å². The molecule has 3 aromatic heterocycles. The minimum absolute atomic E-state index is 0.0480. The number of hydrogen-bond donors (Lipinski definition) is 1. The average molecular weight is 519 g/mol. The van der Waals surface area contributed by atoms with Crippen LogP contribution in [0.3, 0.4) is 0 Å². The number of ether oxygens (including phenoxy) is 2. The zero-order valence-electron chi connectivity index (χ0n) is 19.4. The Morgan fingerprint density at radius 1 is 1.22 bits per heavy atom. The molecule has 0 aliphatic carbocycles. The zero-order chi connectivity index (χ0) is 26.0. The third kappa shape index (κ3) is 5.77. The molecule has 0 unspecified atom stereocenters. The lowest BCUT2D eigenvalue weighted by atomic mass is 10.1. The van der Waals surface area contributed by atoms with Crippen molar-refractivity contribution in [1.82, 2.24) is 24.4 Å². The first-order valence-electron chi connectivity index (χ1n) is 10.6. The number of halogens is 3. The van der Waals surface area contributed by atoms with Crippen molar-refractivity contribution in [3.05, 3.63) is 59.6 Å². The van der Waals surface area contributed by atoms with Crippen molar-refractivity contribution in [1.29, 1.82) is 0 Å². The van der Waals surface area contributed by atoms with Gasteiger partial charge < -0.3 is 14.8 Å². The summed E-state index contributed by atoms with van der Waals surface area (Å²) in [5.41, 5.74) is 0.0725. The van der Waals surface area contributed by atoms with Crippen LogP contribution < -0.4 is 10.1 Å². The van der Waals surface area contributed by atoms with Crippen LogP contribution in [0.1, 0.15) is 31.3 Å². The van der Waals surface area contributed by atoms with E-state index in [1.54, 1.807) is 32.9 Å². The van der Waals surface area contributed by atoms with Crippen molar-refractivity contribution in [3.63, 3.8) is 0 Å². The maximum Gasteiger partial charge on any atom is 0.387 e. The molecule has 0 saturated heterocycles. The minimum Gasteiger partial charge on any atom is -0.459 e. The van der Waals surface area contributed by atoms with Crippen molar-refractivity contribution >= 4 is 34.8 Å². The number of rotatable bonds is 7. The van der Waals surface area contributed by atoms with Gasteiger partial charge in [0, 0.05) is 23.0 Å². The Bertz CT molecular complexity index is 1430. The number of fused-ring (bicyclic) bond motifs is 1. The van der Waals surface area contributed by atoms with Gasteiger partial charge in [-0.3, -0.25) is 14.3 Å². The van der Waals surface area contributed by atoms with E-state index in [1.807, 2.05) is 0 Å². The number of alkyl halides is 2. The highest BCUT2D eigenvalue weighted by molar-refractivity contribution is 6.31. The second kappa shape index (κ2) is 9.90. The fourth-order valence-electron chi connectivity index (χ4n) is 3.36. The van der Waals surface area contributed by atoms with Crippen LogP contribution in [-0.4, -0.2) is 48.5 Å². The Kier molecular flexibility index (Phi) is 6.88. The summed E-state index contributed by atoms with van der Waals surface area (Å²) in [5.74, 6) is -1.41. The number of benzene rings is 1. The molecule has 1 N–H and O–H groups in total. The highest BCUT2D eigenvalue weighted by atomic mass is 35.5. The van der Waals surface area contributed by atoms with Crippen LogP contribution in [0.4, 0.5) is 14.5 Å². The molecule has 0 atom stereocenters. The zero-order valence-corrected chi connectivity index (χ0v) is 20.2. The van der Waals surface area contributed by atoms with Crippen LogP contribution in [0.15, 0.2) is 48.9 Å². The van der Waals surface area contributed by atoms with Crippen molar-refractivity contribution in [3.8, 4) is 17.0 Å². The topological polar surface area (TPSA) is 113 Å². The number of carbonyl (C=O) groups excluding carboxylic acids is 2. The first kappa shape index (κ1) is 25.0. The molecular formula is C23H21ClF2N6O4. The first-order valence-corrected chi connectivity index (χ1v) is 11.0. The van der Waals surface area contributed by atoms with Crippen molar-refractivity contribution < 1.29 is 27.8 Å².